The minimum atomic E-state index is -4.04. The van der Waals surface area contributed by atoms with Gasteiger partial charge in [0.1, 0.15) is 5.75 Å². The van der Waals surface area contributed by atoms with Crippen LogP contribution in [0.25, 0.3) is 0 Å². The molecule has 0 bridgehead atoms. The minimum Gasteiger partial charge on any atom is -0.378 e. The summed E-state index contributed by atoms with van der Waals surface area (Å²) in [5.74, 6) is 0.00836. The molecule has 0 saturated heterocycles. The summed E-state index contributed by atoms with van der Waals surface area (Å²) in [7, 11) is -4.04. The number of aromatic nitrogens is 2. The normalized spacial score (nSPS) is 11.8. The summed E-state index contributed by atoms with van der Waals surface area (Å²) in [6.45, 7) is 3.70. The van der Waals surface area contributed by atoms with Crippen LogP contribution >= 0.6 is 23.2 Å². The summed E-state index contributed by atoms with van der Waals surface area (Å²) in [5, 5.41) is 0.436. The van der Waals surface area contributed by atoms with Crippen molar-refractivity contribution in [2.24, 2.45) is 0 Å². The number of nitrogens with one attached hydrogen (secondary N) is 1. The van der Waals surface area contributed by atoms with Crippen molar-refractivity contribution >= 4 is 33.3 Å². The minimum absolute atomic E-state index is 0.0335. The molecule has 0 spiro atoms. The first-order chi connectivity index (χ1) is 9.29. The molecule has 0 radical (unpaired) electrons. The molecule has 1 aromatic carbocycles. The first kappa shape index (κ1) is 15.2. The second kappa shape index (κ2) is 5.63. The molecule has 0 fully saturated rings. The first-order valence-corrected chi connectivity index (χ1v) is 7.90. The molecule has 1 aromatic heterocycles. The Labute approximate surface area is 127 Å². The van der Waals surface area contributed by atoms with Gasteiger partial charge in [0.15, 0.2) is 0 Å². The number of hydrogen-bond donors (Lipinski definition) is 1. The standard InChI is InChI=1S/C12H12Cl2N2O3S/c1-7(2)11-12(16-6-15-11)20(17,18)19-10-4-8(13)3-9(14)5-10/h3-7H,1-2H3,(H,15,16). The number of H-pyrrole nitrogens is 1. The van der Waals surface area contributed by atoms with Gasteiger partial charge in [-0.3, -0.25) is 0 Å². The molecule has 0 unspecified atom stereocenters. The van der Waals surface area contributed by atoms with Crippen LogP contribution in [0.1, 0.15) is 25.5 Å². The van der Waals surface area contributed by atoms with E-state index in [4.69, 9.17) is 27.4 Å². The Balaban J connectivity index is 2.38. The molecule has 0 saturated carbocycles. The van der Waals surface area contributed by atoms with Gasteiger partial charge in [-0.1, -0.05) is 37.0 Å². The number of halogens is 2. The fourth-order valence-corrected chi connectivity index (χ4v) is 3.33. The molecule has 2 rings (SSSR count). The van der Waals surface area contributed by atoms with E-state index in [0.717, 1.165) is 0 Å². The van der Waals surface area contributed by atoms with E-state index < -0.39 is 10.1 Å². The lowest BCUT2D eigenvalue weighted by Crippen LogP contribution is -2.13. The Hall–Kier alpha value is -1.24. The third kappa shape index (κ3) is 3.26. The molecule has 0 amide bonds. The lowest BCUT2D eigenvalue weighted by Gasteiger charge is -2.09. The zero-order valence-electron chi connectivity index (χ0n) is 10.7. The van der Waals surface area contributed by atoms with Crippen molar-refractivity contribution in [3.63, 3.8) is 0 Å². The Bertz CT molecular complexity index is 706. The van der Waals surface area contributed by atoms with Crippen LogP contribution in [-0.4, -0.2) is 18.4 Å². The van der Waals surface area contributed by atoms with Crippen LogP contribution in [0.3, 0.4) is 0 Å². The van der Waals surface area contributed by atoms with Gasteiger partial charge in [-0.25, -0.2) is 4.98 Å². The third-order valence-electron chi connectivity index (χ3n) is 2.49. The van der Waals surface area contributed by atoms with Crippen LogP contribution in [0.15, 0.2) is 29.6 Å². The van der Waals surface area contributed by atoms with Gasteiger partial charge in [-0.05, 0) is 12.0 Å². The number of hydrogen-bond acceptors (Lipinski definition) is 4. The molecule has 1 heterocycles. The van der Waals surface area contributed by atoms with Gasteiger partial charge in [-0.15, -0.1) is 0 Å². The van der Waals surface area contributed by atoms with Gasteiger partial charge in [0.05, 0.1) is 12.0 Å². The van der Waals surface area contributed by atoms with Crippen LogP contribution in [0.4, 0.5) is 0 Å². The zero-order valence-corrected chi connectivity index (χ0v) is 13.1. The van der Waals surface area contributed by atoms with Gasteiger partial charge in [0, 0.05) is 22.2 Å². The van der Waals surface area contributed by atoms with Crippen LogP contribution in [0, 0.1) is 0 Å². The van der Waals surface area contributed by atoms with Crippen LogP contribution in [0.5, 0.6) is 5.75 Å². The van der Waals surface area contributed by atoms with E-state index in [1.54, 1.807) is 0 Å². The van der Waals surface area contributed by atoms with Crippen molar-refractivity contribution in [2.45, 2.75) is 24.8 Å². The molecule has 0 aliphatic carbocycles. The summed E-state index contributed by atoms with van der Waals surface area (Å²) in [5.41, 5.74) is 0.484. The van der Waals surface area contributed by atoms with Crippen molar-refractivity contribution in [1.82, 2.24) is 9.97 Å². The highest BCUT2D eigenvalue weighted by Gasteiger charge is 2.25. The molecule has 0 aliphatic heterocycles. The lowest BCUT2D eigenvalue weighted by atomic mass is 10.2. The summed E-state index contributed by atoms with van der Waals surface area (Å²) in [6, 6.07) is 4.22. The average molecular weight is 335 g/mol. The number of rotatable bonds is 4. The topological polar surface area (TPSA) is 72.0 Å². The Kier molecular flexibility index (Phi) is 4.27. The average Bonchev–Trinajstić information content (AvgIpc) is 2.75. The van der Waals surface area contributed by atoms with E-state index in [-0.39, 0.29) is 26.7 Å². The fraction of sp³-hybridized carbons (Fsp3) is 0.250. The Morgan fingerprint density at radius 1 is 1.20 bits per heavy atom. The van der Waals surface area contributed by atoms with Crippen molar-refractivity contribution in [3.05, 3.63) is 40.3 Å². The smallest absolute Gasteiger partial charge is 0.358 e. The van der Waals surface area contributed by atoms with Gasteiger partial charge >= 0.3 is 10.1 Å². The largest absolute Gasteiger partial charge is 0.378 e. The van der Waals surface area contributed by atoms with Gasteiger partial charge < -0.3 is 9.17 Å². The summed E-state index contributed by atoms with van der Waals surface area (Å²) in [4.78, 5) is 6.61. The highest BCUT2D eigenvalue weighted by Crippen LogP contribution is 2.28. The summed E-state index contributed by atoms with van der Waals surface area (Å²) < 4.78 is 29.5. The van der Waals surface area contributed by atoms with Gasteiger partial charge in [0.25, 0.3) is 0 Å². The molecular weight excluding hydrogens is 323 g/mol. The maximum atomic E-state index is 12.2. The van der Waals surface area contributed by atoms with Gasteiger partial charge in [0.2, 0.25) is 5.03 Å². The number of nitrogens with zero attached hydrogens (tertiary/aromatic N) is 1. The van der Waals surface area contributed by atoms with Crippen molar-refractivity contribution in [3.8, 4) is 5.75 Å². The van der Waals surface area contributed by atoms with E-state index in [2.05, 4.69) is 9.97 Å². The predicted octanol–water partition coefficient (Wildman–Crippen LogP) is 3.61. The van der Waals surface area contributed by atoms with Crippen LogP contribution in [0.2, 0.25) is 10.0 Å². The van der Waals surface area contributed by atoms with E-state index in [1.807, 2.05) is 13.8 Å². The monoisotopic (exact) mass is 334 g/mol. The summed E-state index contributed by atoms with van der Waals surface area (Å²) >= 11 is 11.6. The van der Waals surface area contributed by atoms with E-state index in [9.17, 15) is 8.42 Å². The maximum absolute atomic E-state index is 12.2. The highest BCUT2D eigenvalue weighted by atomic mass is 35.5. The van der Waals surface area contributed by atoms with Crippen molar-refractivity contribution < 1.29 is 12.6 Å². The SMILES string of the molecule is CC(C)c1[nH]cnc1S(=O)(=O)Oc1cc(Cl)cc(Cl)c1. The fourth-order valence-electron chi connectivity index (χ4n) is 1.65. The van der Waals surface area contributed by atoms with E-state index in [1.165, 1.54) is 24.5 Å². The predicted molar refractivity (Wildman–Crippen MR) is 77.0 cm³/mol. The first-order valence-electron chi connectivity index (χ1n) is 5.73. The molecule has 0 atom stereocenters. The molecule has 1 N–H and O–H groups in total. The van der Waals surface area contributed by atoms with E-state index >= 15 is 0 Å². The van der Waals surface area contributed by atoms with Crippen LogP contribution in [-0.2, 0) is 10.1 Å². The van der Waals surface area contributed by atoms with Gasteiger partial charge in [-0.2, -0.15) is 8.42 Å². The second-order valence-corrected chi connectivity index (χ2v) is 6.75. The number of aromatic amines is 1. The molecular formula is C12H12Cl2N2O3S. The molecule has 0 aliphatic rings. The molecule has 2 aromatic rings. The molecule has 8 heteroatoms. The maximum Gasteiger partial charge on any atom is 0.358 e. The molecule has 20 heavy (non-hydrogen) atoms. The summed E-state index contributed by atoms with van der Waals surface area (Å²) in [6.07, 6.45) is 1.32. The Morgan fingerprint density at radius 2 is 1.80 bits per heavy atom. The van der Waals surface area contributed by atoms with E-state index in [0.29, 0.717) is 5.69 Å². The highest BCUT2D eigenvalue weighted by molar-refractivity contribution is 7.87. The Morgan fingerprint density at radius 3 is 2.35 bits per heavy atom. The lowest BCUT2D eigenvalue weighted by molar-refractivity contribution is 0.481. The quantitative estimate of drug-likeness (QED) is 0.867. The van der Waals surface area contributed by atoms with Crippen LogP contribution < -0.4 is 4.18 Å². The van der Waals surface area contributed by atoms with Crippen molar-refractivity contribution in [1.29, 1.82) is 0 Å². The zero-order chi connectivity index (χ0) is 14.9. The van der Waals surface area contributed by atoms with Crippen molar-refractivity contribution in [2.75, 3.05) is 0 Å². The molecule has 108 valence electrons. The number of imidazole rings is 1. The third-order valence-corrected chi connectivity index (χ3v) is 4.14. The second-order valence-electron chi connectivity index (χ2n) is 4.42. The number of benzene rings is 1. The molecule has 5 nitrogen and oxygen atoms in total.